The van der Waals surface area contributed by atoms with Crippen molar-refractivity contribution in [2.24, 2.45) is 0 Å². The number of amides is 1. The third-order valence-corrected chi connectivity index (χ3v) is 5.36. The maximum Gasteiger partial charge on any atom is 0.353 e. The molecule has 9 heteroatoms. The van der Waals surface area contributed by atoms with Gasteiger partial charge in [-0.05, 0) is 6.08 Å². The molecule has 0 saturated carbocycles. The molecule has 3 aliphatic heterocycles. The Morgan fingerprint density at radius 2 is 2.38 bits per heavy atom. The van der Waals surface area contributed by atoms with E-state index in [9.17, 15) is 9.59 Å². The highest BCUT2D eigenvalue weighted by Gasteiger charge is 2.49. The van der Waals surface area contributed by atoms with Crippen LogP contribution >= 0.6 is 11.8 Å². The molecule has 1 saturated heterocycles. The molecule has 0 bridgehead atoms. The quantitative estimate of drug-likeness (QED) is 0.646. The lowest BCUT2D eigenvalue weighted by atomic mass is 10.0. The van der Waals surface area contributed by atoms with Gasteiger partial charge in [0.1, 0.15) is 17.7 Å². The van der Waals surface area contributed by atoms with Gasteiger partial charge in [-0.2, -0.15) is 5.10 Å². The number of carbonyl (C=O) groups is 2. The van der Waals surface area contributed by atoms with E-state index in [1.807, 2.05) is 0 Å². The first kappa shape index (κ1) is 13.9. The monoisotopic (exact) mass is 345 g/mol. The highest BCUT2D eigenvalue weighted by molar-refractivity contribution is 8.03. The van der Waals surface area contributed by atoms with E-state index in [4.69, 9.17) is 14.3 Å². The molecule has 1 fully saturated rings. The molecule has 0 aliphatic carbocycles. The van der Waals surface area contributed by atoms with Crippen LogP contribution < -0.4 is 0 Å². The van der Waals surface area contributed by atoms with Gasteiger partial charge in [-0.15, -0.1) is 11.8 Å². The van der Waals surface area contributed by atoms with Crippen molar-refractivity contribution < 1.29 is 23.8 Å². The molecule has 0 unspecified atom stereocenters. The van der Waals surface area contributed by atoms with Crippen molar-refractivity contribution in [3.63, 3.8) is 0 Å². The minimum atomic E-state index is -1.09. The van der Waals surface area contributed by atoms with Crippen molar-refractivity contribution >= 4 is 35.4 Å². The van der Waals surface area contributed by atoms with E-state index in [-0.39, 0.29) is 17.0 Å². The van der Waals surface area contributed by atoms with Crippen LogP contribution in [0.15, 0.2) is 27.2 Å². The van der Waals surface area contributed by atoms with Crippen molar-refractivity contribution in [3.8, 4) is 0 Å². The van der Waals surface area contributed by atoms with E-state index >= 15 is 0 Å². The third-order valence-electron chi connectivity index (χ3n) is 4.27. The third kappa shape index (κ3) is 1.76. The molecule has 5 rings (SSSR count). The van der Waals surface area contributed by atoms with E-state index in [1.165, 1.54) is 22.1 Å². The zero-order valence-electron chi connectivity index (χ0n) is 12.3. The number of carboxylic acid groups (broad SMARTS) is 1. The van der Waals surface area contributed by atoms with E-state index in [1.54, 1.807) is 16.7 Å². The summed E-state index contributed by atoms with van der Waals surface area (Å²) in [5.41, 5.74) is 2.80. The summed E-state index contributed by atoms with van der Waals surface area (Å²) in [6.07, 6.45) is 2.43. The molecule has 1 atom stereocenters. The Labute approximate surface area is 139 Å². The molecule has 2 aromatic heterocycles. The van der Waals surface area contributed by atoms with Crippen LogP contribution in [0, 0.1) is 0 Å². The fourth-order valence-electron chi connectivity index (χ4n) is 3.14. The van der Waals surface area contributed by atoms with Crippen molar-refractivity contribution in [1.29, 1.82) is 0 Å². The summed E-state index contributed by atoms with van der Waals surface area (Å²) < 4.78 is 12.8. The minimum Gasteiger partial charge on any atom is -0.477 e. The number of hydrogen-bond acceptors (Lipinski definition) is 6. The average Bonchev–Trinajstić information content (AvgIpc) is 3.22. The van der Waals surface area contributed by atoms with E-state index in [0.717, 1.165) is 17.9 Å². The summed E-state index contributed by atoms with van der Waals surface area (Å²) in [5.74, 6) is -0.597. The Morgan fingerprint density at radius 3 is 3.21 bits per heavy atom. The van der Waals surface area contributed by atoms with E-state index < -0.39 is 5.97 Å². The first-order valence-electron chi connectivity index (χ1n) is 7.35. The molecule has 8 nitrogen and oxygen atoms in total. The lowest BCUT2D eigenvalue weighted by Gasteiger charge is -2.36. The van der Waals surface area contributed by atoms with Gasteiger partial charge in [0, 0.05) is 17.9 Å². The van der Waals surface area contributed by atoms with E-state index in [2.05, 4.69) is 5.10 Å². The summed E-state index contributed by atoms with van der Waals surface area (Å²) in [7, 11) is 0. The number of oxazole rings is 1. The molecular weight excluding hydrogens is 334 g/mol. The lowest BCUT2D eigenvalue weighted by molar-refractivity contribution is -0.141. The molecular formula is C15H11N3O5S. The number of hydrogen-bond donors (Lipinski definition) is 1. The first-order valence-corrected chi connectivity index (χ1v) is 8.30. The van der Waals surface area contributed by atoms with Crippen LogP contribution in [0.5, 0.6) is 0 Å². The molecule has 2 aromatic rings. The van der Waals surface area contributed by atoms with E-state index in [0.29, 0.717) is 30.2 Å². The van der Waals surface area contributed by atoms with Crippen LogP contribution in [-0.2, 0) is 27.4 Å². The van der Waals surface area contributed by atoms with Gasteiger partial charge in [0.2, 0.25) is 5.71 Å². The molecule has 0 radical (unpaired) electrons. The van der Waals surface area contributed by atoms with Gasteiger partial charge < -0.3 is 14.3 Å². The second-order valence-electron chi connectivity index (χ2n) is 5.67. The van der Waals surface area contributed by atoms with Crippen LogP contribution in [0.1, 0.15) is 17.1 Å². The number of fused-ring (bicyclic) bond motifs is 4. The van der Waals surface area contributed by atoms with Crippen LogP contribution in [0.3, 0.4) is 0 Å². The number of aromatic nitrogens is 2. The highest BCUT2D eigenvalue weighted by Crippen LogP contribution is 2.45. The molecule has 122 valence electrons. The van der Waals surface area contributed by atoms with Gasteiger partial charge >= 0.3 is 5.97 Å². The van der Waals surface area contributed by atoms with Crippen LogP contribution in [0.4, 0.5) is 0 Å². The number of thioether (sulfide) groups is 1. The fourth-order valence-corrected chi connectivity index (χ4v) is 4.26. The standard InChI is InChI=1S/C15H11N3O5S/c19-13-8(14-17(13)10(6-24-14)15(20)21)3-7-4-12-18(16-7)9-1-2-22-5-11(9)23-12/h3-4,6,14H,1-2,5H2,(H,20,21)/b8-3+/t14-/m1/s1. The Bertz CT molecular complexity index is 969. The van der Waals surface area contributed by atoms with Gasteiger partial charge in [-0.1, -0.05) is 0 Å². The summed E-state index contributed by atoms with van der Waals surface area (Å²) in [6.45, 7) is 1.08. The number of carbonyl (C=O) groups excluding carboxylic acids is 1. The highest BCUT2D eigenvalue weighted by atomic mass is 32.2. The largest absolute Gasteiger partial charge is 0.477 e. The second-order valence-corrected chi connectivity index (χ2v) is 6.62. The number of aliphatic carboxylic acids is 1. The predicted octanol–water partition coefficient (Wildman–Crippen LogP) is 1.22. The zero-order valence-corrected chi connectivity index (χ0v) is 13.1. The number of nitrogens with zero attached hydrogens (tertiary/aromatic N) is 3. The van der Waals surface area contributed by atoms with Crippen molar-refractivity contribution in [1.82, 2.24) is 14.5 Å². The minimum absolute atomic E-state index is 0.0276. The summed E-state index contributed by atoms with van der Waals surface area (Å²) in [6, 6.07) is 1.77. The van der Waals surface area contributed by atoms with Crippen LogP contribution in [-0.4, -0.2) is 43.5 Å². The maximum absolute atomic E-state index is 12.2. The van der Waals surface area contributed by atoms with Gasteiger partial charge in [0.15, 0.2) is 5.76 Å². The summed E-state index contributed by atoms with van der Waals surface area (Å²) >= 11 is 1.31. The van der Waals surface area contributed by atoms with Crippen molar-refractivity contribution in [2.45, 2.75) is 18.4 Å². The average molecular weight is 345 g/mol. The summed E-state index contributed by atoms with van der Waals surface area (Å²) in [4.78, 5) is 24.6. The molecule has 0 aromatic carbocycles. The summed E-state index contributed by atoms with van der Waals surface area (Å²) in [5, 5.41) is 14.8. The van der Waals surface area contributed by atoms with Crippen LogP contribution in [0.25, 0.3) is 11.8 Å². The number of rotatable bonds is 2. The first-order chi connectivity index (χ1) is 11.6. The molecule has 1 N–H and O–H groups in total. The van der Waals surface area contributed by atoms with Gasteiger partial charge in [-0.25, -0.2) is 9.31 Å². The van der Waals surface area contributed by atoms with Crippen LogP contribution in [0.2, 0.25) is 0 Å². The van der Waals surface area contributed by atoms with Crippen molar-refractivity contribution in [2.75, 3.05) is 6.61 Å². The topological polar surface area (TPSA) is 97.3 Å². The molecule has 3 aliphatic rings. The molecule has 5 heterocycles. The number of carboxylic acids is 1. The number of ether oxygens (including phenoxy) is 1. The predicted molar refractivity (Wildman–Crippen MR) is 82.7 cm³/mol. The molecule has 0 spiro atoms. The van der Waals surface area contributed by atoms with Gasteiger partial charge in [-0.3, -0.25) is 9.69 Å². The maximum atomic E-state index is 12.2. The molecule has 1 amide bonds. The number of β-lactam (4-membered cyclic amide) rings is 1. The van der Waals surface area contributed by atoms with Gasteiger partial charge in [0.25, 0.3) is 5.91 Å². The fraction of sp³-hybridized carbons (Fsp3) is 0.267. The van der Waals surface area contributed by atoms with Crippen molar-refractivity contribution in [3.05, 3.63) is 39.9 Å². The Hall–Kier alpha value is -2.52. The zero-order chi connectivity index (χ0) is 16.4. The van der Waals surface area contributed by atoms with Gasteiger partial charge in [0.05, 0.1) is 23.6 Å². The SMILES string of the molecule is O=C(O)C1=CS[C@@H]2/C(=C/c3cc4oc5c(n4n3)CCOC5)C(=O)N12. The Balaban J connectivity index is 1.47. The second kappa shape index (κ2) is 4.74. The smallest absolute Gasteiger partial charge is 0.353 e. The molecule has 24 heavy (non-hydrogen) atoms. The Kier molecular flexibility index (Phi) is 2.74. The lowest BCUT2D eigenvalue weighted by Crippen LogP contribution is -2.51. The Morgan fingerprint density at radius 1 is 1.50 bits per heavy atom. The normalized spacial score (nSPS) is 24.1.